The zero-order chi connectivity index (χ0) is 18.6. The topological polar surface area (TPSA) is 58.2 Å². The summed E-state index contributed by atoms with van der Waals surface area (Å²) in [5.41, 5.74) is 0.521. The van der Waals surface area contributed by atoms with Crippen LogP contribution in [0.15, 0.2) is 42.5 Å². The van der Waals surface area contributed by atoms with E-state index in [1.165, 1.54) is 13.0 Å². The van der Waals surface area contributed by atoms with Crippen LogP contribution in [-0.2, 0) is 4.79 Å². The van der Waals surface area contributed by atoms with Gasteiger partial charge in [-0.3, -0.25) is 9.59 Å². The smallest absolute Gasteiger partial charge is 0.251 e. The highest BCUT2D eigenvalue weighted by Gasteiger charge is 2.20. The number of benzene rings is 2. The Balaban J connectivity index is 1.97. The normalized spacial score (nSPS) is 13.0. The van der Waals surface area contributed by atoms with Crippen molar-refractivity contribution in [2.45, 2.75) is 25.9 Å². The van der Waals surface area contributed by atoms with Crippen molar-refractivity contribution in [2.24, 2.45) is 0 Å². The molecule has 2 N–H and O–H groups in total. The summed E-state index contributed by atoms with van der Waals surface area (Å²) in [7, 11) is 0. The Labute approximate surface area is 149 Å². The van der Waals surface area contributed by atoms with E-state index in [-0.39, 0.29) is 5.56 Å². The van der Waals surface area contributed by atoms with Crippen LogP contribution in [-0.4, -0.2) is 17.9 Å². The molecule has 2 amide bonds. The molecule has 0 aliphatic heterocycles. The van der Waals surface area contributed by atoms with Gasteiger partial charge in [0, 0.05) is 22.2 Å². The van der Waals surface area contributed by atoms with Crippen LogP contribution in [0.4, 0.5) is 8.78 Å². The van der Waals surface area contributed by atoms with Gasteiger partial charge in [0.25, 0.3) is 5.91 Å². The maximum atomic E-state index is 13.7. The van der Waals surface area contributed by atoms with E-state index in [0.717, 1.165) is 12.1 Å². The van der Waals surface area contributed by atoms with E-state index in [1.54, 1.807) is 31.2 Å². The SMILES string of the molecule is CC(NC(=O)c1ccc(Cl)cc1)C(=O)NC(C)c1ccc(F)cc1F. The lowest BCUT2D eigenvalue weighted by Crippen LogP contribution is -2.45. The summed E-state index contributed by atoms with van der Waals surface area (Å²) in [4.78, 5) is 24.3. The van der Waals surface area contributed by atoms with Crippen molar-refractivity contribution in [3.05, 3.63) is 70.2 Å². The molecule has 2 atom stereocenters. The zero-order valence-corrected chi connectivity index (χ0v) is 14.4. The van der Waals surface area contributed by atoms with E-state index in [2.05, 4.69) is 10.6 Å². The number of carbonyl (C=O) groups excluding carboxylic acids is 2. The number of hydrogen-bond acceptors (Lipinski definition) is 2. The van der Waals surface area contributed by atoms with Gasteiger partial charge in [0.1, 0.15) is 17.7 Å². The van der Waals surface area contributed by atoms with Crippen molar-refractivity contribution in [1.82, 2.24) is 10.6 Å². The summed E-state index contributed by atoms with van der Waals surface area (Å²) in [6.07, 6.45) is 0. The second kappa shape index (κ2) is 8.07. The summed E-state index contributed by atoms with van der Waals surface area (Å²) < 4.78 is 26.7. The first-order valence-corrected chi connectivity index (χ1v) is 7.97. The first-order valence-electron chi connectivity index (χ1n) is 7.59. The molecule has 0 aliphatic rings. The minimum atomic E-state index is -0.839. The number of hydrogen-bond donors (Lipinski definition) is 2. The summed E-state index contributed by atoms with van der Waals surface area (Å²) in [5, 5.41) is 5.63. The molecule has 0 aromatic heterocycles. The van der Waals surface area contributed by atoms with E-state index in [9.17, 15) is 18.4 Å². The fourth-order valence-electron chi connectivity index (χ4n) is 2.22. The Morgan fingerprint density at radius 1 is 1.00 bits per heavy atom. The lowest BCUT2D eigenvalue weighted by Gasteiger charge is -2.19. The average Bonchev–Trinajstić information content (AvgIpc) is 2.55. The zero-order valence-electron chi connectivity index (χ0n) is 13.6. The monoisotopic (exact) mass is 366 g/mol. The molecule has 0 saturated carbocycles. The Bertz CT molecular complexity index is 781. The molecular formula is C18H17ClF2N2O2. The predicted molar refractivity (Wildman–Crippen MR) is 91.3 cm³/mol. The van der Waals surface area contributed by atoms with E-state index in [1.807, 2.05) is 0 Å². The predicted octanol–water partition coefficient (Wildman–Crippen LogP) is 3.61. The molecule has 0 saturated heterocycles. The average molecular weight is 367 g/mol. The van der Waals surface area contributed by atoms with Gasteiger partial charge < -0.3 is 10.6 Å². The molecular weight excluding hydrogens is 350 g/mol. The van der Waals surface area contributed by atoms with E-state index in [4.69, 9.17) is 11.6 Å². The van der Waals surface area contributed by atoms with E-state index >= 15 is 0 Å². The maximum absolute atomic E-state index is 13.7. The fraction of sp³-hybridized carbons (Fsp3) is 0.222. The van der Waals surface area contributed by atoms with Crippen LogP contribution < -0.4 is 10.6 Å². The van der Waals surface area contributed by atoms with Crippen LogP contribution in [0.25, 0.3) is 0 Å². The molecule has 2 rings (SSSR count). The molecule has 2 unspecified atom stereocenters. The van der Waals surface area contributed by atoms with Gasteiger partial charge in [-0.1, -0.05) is 17.7 Å². The second-order valence-corrected chi connectivity index (χ2v) is 6.03. The third-order valence-electron chi connectivity index (χ3n) is 3.64. The number of nitrogens with one attached hydrogen (secondary N) is 2. The lowest BCUT2D eigenvalue weighted by atomic mass is 10.1. The molecule has 0 aliphatic carbocycles. The molecule has 132 valence electrons. The summed E-state index contributed by atoms with van der Waals surface area (Å²) in [6, 6.07) is 7.85. The van der Waals surface area contributed by atoms with Gasteiger partial charge in [-0.15, -0.1) is 0 Å². The first-order chi connectivity index (χ1) is 11.8. The third kappa shape index (κ3) is 5.00. The van der Waals surface area contributed by atoms with Crippen molar-refractivity contribution < 1.29 is 18.4 Å². The number of halogens is 3. The van der Waals surface area contributed by atoms with E-state index in [0.29, 0.717) is 10.6 Å². The van der Waals surface area contributed by atoms with Gasteiger partial charge in [-0.25, -0.2) is 8.78 Å². The van der Waals surface area contributed by atoms with Crippen molar-refractivity contribution in [3.63, 3.8) is 0 Å². The van der Waals surface area contributed by atoms with Crippen molar-refractivity contribution in [2.75, 3.05) is 0 Å². The highest BCUT2D eigenvalue weighted by molar-refractivity contribution is 6.30. The van der Waals surface area contributed by atoms with Crippen molar-refractivity contribution in [1.29, 1.82) is 0 Å². The van der Waals surface area contributed by atoms with Gasteiger partial charge in [0.15, 0.2) is 0 Å². The molecule has 0 heterocycles. The van der Waals surface area contributed by atoms with Crippen LogP contribution in [0, 0.1) is 11.6 Å². The molecule has 4 nitrogen and oxygen atoms in total. The summed E-state index contributed by atoms with van der Waals surface area (Å²) in [5.74, 6) is -2.35. The van der Waals surface area contributed by atoms with E-state index < -0.39 is 35.5 Å². The first kappa shape index (κ1) is 18.9. The van der Waals surface area contributed by atoms with Gasteiger partial charge >= 0.3 is 0 Å². The Morgan fingerprint density at radius 2 is 1.64 bits per heavy atom. The minimum Gasteiger partial charge on any atom is -0.348 e. The van der Waals surface area contributed by atoms with Crippen molar-refractivity contribution >= 4 is 23.4 Å². The Morgan fingerprint density at radius 3 is 2.24 bits per heavy atom. The minimum absolute atomic E-state index is 0.158. The molecule has 2 aromatic rings. The van der Waals surface area contributed by atoms with Gasteiger partial charge in [0.2, 0.25) is 5.91 Å². The molecule has 0 radical (unpaired) electrons. The number of carbonyl (C=O) groups is 2. The molecule has 0 spiro atoms. The molecule has 0 bridgehead atoms. The lowest BCUT2D eigenvalue weighted by molar-refractivity contribution is -0.123. The van der Waals surface area contributed by atoms with Gasteiger partial charge in [-0.2, -0.15) is 0 Å². The molecule has 7 heteroatoms. The summed E-state index contributed by atoms with van der Waals surface area (Å²) in [6.45, 7) is 3.08. The van der Waals surface area contributed by atoms with Crippen LogP contribution in [0.5, 0.6) is 0 Å². The van der Waals surface area contributed by atoms with Gasteiger partial charge in [0.05, 0.1) is 6.04 Å². The third-order valence-corrected chi connectivity index (χ3v) is 3.89. The summed E-state index contributed by atoms with van der Waals surface area (Å²) >= 11 is 5.76. The van der Waals surface area contributed by atoms with Crippen LogP contribution >= 0.6 is 11.6 Å². The Hall–Kier alpha value is -2.47. The molecule has 2 aromatic carbocycles. The molecule has 0 fully saturated rings. The number of rotatable bonds is 5. The highest BCUT2D eigenvalue weighted by Crippen LogP contribution is 2.17. The second-order valence-electron chi connectivity index (χ2n) is 5.60. The largest absolute Gasteiger partial charge is 0.348 e. The maximum Gasteiger partial charge on any atom is 0.251 e. The van der Waals surface area contributed by atoms with Crippen molar-refractivity contribution in [3.8, 4) is 0 Å². The quantitative estimate of drug-likeness (QED) is 0.849. The fourth-order valence-corrected chi connectivity index (χ4v) is 2.34. The Kier molecular flexibility index (Phi) is 6.09. The number of amides is 2. The standard InChI is InChI=1S/C18H17ClF2N2O2/c1-10(15-8-7-14(20)9-16(15)21)22-17(24)11(2)23-18(25)12-3-5-13(19)6-4-12/h3-11H,1-2H3,(H,22,24)(H,23,25). The van der Waals surface area contributed by atoms with Gasteiger partial charge in [-0.05, 0) is 44.2 Å². The highest BCUT2D eigenvalue weighted by atomic mass is 35.5. The molecule has 25 heavy (non-hydrogen) atoms. The van der Waals surface area contributed by atoms with Crippen LogP contribution in [0.2, 0.25) is 5.02 Å². The van der Waals surface area contributed by atoms with Crippen LogP contribution in [0.1, 0.15) is 35.8 Å². The van der Waals surface area contributed by atoms with Crippen LogP contribution in [0.3, 0.4) is 0 Å².